The second-order valence-electron chi connectivity index (χ2n) is 4.10. The van der Waals surface area contributed by atoms with Crippen molar-refractivity contribution in [1.82, 2.24) is 4.98 Å². The molecule has 0 bridgehead atoms. The van der Waals surface area contributed by atoms with Crippen molar-refractivity contribution < 1.29 is 0 Å². The fraction of sp³-hybridized carbons (Fsp3) is 0.214. The lowest BCUT2D eigenvalue weighted by Gasteiger charge is -2.05. The van der Waals surface area contributed by atoms with Crippen molar-refractivity contribution in [3.05, 3.63) is 54.2 Å². The monoisotopic (exact) mass is 244 g/mol. The summed E-state index contributed by atoms with van der Waals surface area (Å²) in [6.07, 6.45) is 2.79. The molecule has 0 aliphatic carbocycles. The van der Waals surface area contributed by atoms with Gasteiger partial charge in [0.05, 0.1) is 0 Å². The number of nitrogens with two attached hydrogens (primary N) is 1. The van der Waals surface area contributed by atoms with Crippen LogP contribution in [0.5, 0.6) is 0 Å². The predicted octanol–water partition coefficient (Wildman–Crippen LogP) is 3.12. The third-order valence-electron chi connectivity index (χ3n) is 2.32. The molecule has 0 spiro atoms. The van der Waals surface area contributed by atoms with E-state index in [1.807, 2.05) is 31.3 Å². The van der Waals surface area contributed by atoms with Crippen molar-refractivity contribution in [2.75, 3.05) is 0 Å². The first-order valence-electron chi connectivity index (χ1n) is 5.67. The third kappa shape index (κ3) is 3.88. The molecule has 2 aromatic rings. The van der Waals surface area contributed by atoms with Gasteiger partial charge in [-0.15, -0.1) is 0 Å². The van der Waals surface area contributed by atoms with Crippen molar-refractivity contribution in [2.24, 2.45) is 5.73 Å². The Kier molecular flexibility index (Phi) is 4.18. The fourth-order valence-electron chi connectivity index (χ4n) is 1.57. The molecule has 88 valence electrons. The standard InChI is InChI=1S/C14H16N2S/c1-11(15)9-12-7-8-14(16-10-12)17-13-5-3-2-4-6-13/h2-8,10-11H,9,15H2,1H3. The molecule has 17 heavy (non-hydrogen) atoms. The summed E-state index contributed by atoms with van der Waals surface area (Å²) >= 11 is 1.67. The minimum absolute atomic E-state index is 0.185. The van der Waals surface area contributed by atoms with Gasteiger partial charge in [0.15, 0.2) is 0 Å². The highest BCUT2D eigenvalue weighted by atomic mass is 32.2. The molecule has 0 amide bonds. The van der Waals surface area contributed by atoms with Crippen LogP contribution in [-0.4, -0.2) is 11.0 Å². The average Bonchev–Trinajstić information content (AvgIpc) is 2.32. The van der Waals surface area contributed by atoms with Gasteiger partial charge in [0.2, 0.25) is 0 Å². The maximum absolute atomic E-state index is 5.75. The third-order valence-corrected chi connectivity index (χ3v) is 3.28. The van der Waals surface area contributed by atoms with Crippen molar-refractivity contribution >= 4 is 11.8 Å². The van der Waals surface area contributed by atoms with Crippen LogP contribution in [0.4, 0.5) is 0 Å². The first-order chi connectivity index (χ1) is 8.24. The van der Waals surface area contributed by atoms with Crippen molar-refractivity contribution in [1.29, 1.82) is 0 Å². The van der Waals surface area contributed by atoms with Crippen LogP contribution in [0.15, 0.2) is 58.6 Å². The molecule has 1 aromatic carbocycles. The van der Waals surface area contributed by atoms with Gasteiger partial charge in [0, 0.05) is 17.1 Å². The molecule has 1 aromatic heterocycles. The fourth-order valence-corrected chi connectivity index (χ4v) is 2.35. The molecule has 0 fully saturated rings. The largest absolute Gasteiger partial charge is 0.328 e. The summed E-state index contributed by atoms with van der Waals surface area (Å²) in [7, 11) is 0. The van der Waals surface area contributed by atoms with E-state index >= 15 is 0 Å². The molecule has 3 heteroatoms. The lowest BCUT2D eigenvalue weighted by Crippen LogP contribution is -2.17. The van der Waals surface area contributed by atoms with Crippen molar-refractivity contribution in [3.63, 3.8) is 0 Å². The maximum atomic E-state index is 5.75. The Morgan fingerprint density at radius 1 is 1.18 bits per heavy atom. The molecule has 0 saturated carbocycles. The number of hydrogen-bond acceptors (Lipinski definition) is 3. The zero-order chi connectivity index (χ0) is 12.1. The number of aromatic nitrogens is 1. The number of hydrogen-bond donors (Lipinski definition) is 1. The molecule has 0 saturated heterocycles. The first-order valence-corrected chi connectivity index (χ1v) is 6.49. The normalized spacial score (nSPS) is 12.4. The summed E-state index contributed by atoms with van der Waals surface area (Å²) in [6, 6.07) is 14.6. The van der Waals surface area contributed by atoms with E-state index in [-0.39, 0.29) is 6.04 Å². The Hall–Kier alpha value is -1.32. The van der Waals surface area contributed by atoms with Gasteiger partial charge in [-0.1, -0.05) is 36.0 Å². The van der Waals surface area contributed by atoms with Crippen LogP contribution in [-0.2, 0) is 6.42 Å². The van der Waals surface area contributed by atoms with Crippen molar-refractivity contribution in [2.45, 2.75) is 29.3 Å². The summed E-state index contributed by atoms with van der Waals surface area (Å²) in [6.45, 7) is 2.01. The van der Waals surface area contributed by atoms with Crippen LogP contribution in [0, 0.1) is 0 Å². The number of benzene rings is 1. The van der Waals surface area contributed by atoms with E-state index in [0.717, 1.165) is 11.4 Å². The highest BCUT2D eigenvalue weighted by molar-refractivity contribution is 7.99. The molecule has 1 heterocycles. The van der Waals surface area contributed by atoms with Crippen molar-refractivity contribution in [3.8, 4) is 0 Å². The Labute approximate surface area is 106 Å². The van der Waals surface area contributed by atoms with Gasteiger partial charge in [-0.3, -0.25) is 0 Å². The molecule has 2 N–H and O–H groups in total. The molecule has 0 aliphatic rings. The Morgan fingerprint density at radius 3 is 2.53 bits per heavy atom. The average molecular weight is 244 g/mol. The molecular formula is C14H16N2S. The Morgan fingerprint density at radius 2 is 1.94 bits per heavy atom. The van der Waals surface area contributed by atoms with Crippen LogP contribution in [0.25, 0.3) is 0 Å². The summed E-state index contributed by atoms with van der Waals surface area (Å²) in [5.74, 6) is 0. The summed E-state index contributed by atoms with van der Waals surface area (Å²) in [5.41, 5.74) is 6.95. The van der Waals surface area contributed by atoms with Crippen LogP contribution in [0.2, 0.25) is 0 Å². The van der Waals surface area contributed by atoms with Gasteiger partial charge < -0.3 is 5.73 Å². The predicted molar refractivity (Wildman–Crippen MR) is 72.2 cm³/mol. The Bertz CT molecular complexity index is 451. The molecular weight excluding hydrogens is 228 g/mol. The molecule has 1 unspecified atom stereocenters. The second-order valence-corrected chi connectivity index (χ2v) is 5.20. The quantitative estimate of drug-likeness (QED) is 0.898. The summed E-state index contributed by atoms with van der Waals surface area (Å²) < 4.78 is 0. The highest BCUT2D eigenvalue weighted by Crippen LogP contribution is 2.25. The van der Waals surface area contributed by atoms with E-state index in [9.17, 15) is 0 Å². The van der Waals surface area contributed by atoms with Gasteiger partial charge in [-0.25, -0.2) is 4.98 Å². The lowest BCUT2D eigenvalue weighted by atomic mass is 10.1. The molecule has 0 radical (unpaired) electrons. The van der Waals surface area contributed by atoms with Crippen LogP contribution in [0.3, 0.4) is 0 Å². The smallest absolute Gasteiger partial charge is 0.101 e. The topological polar surface area (TPSA) is 38.9 Å². The summed E-state index contributed by atoms with van der Waals surface area (Å²) in [4.78, 5) is 5.64. The Balaban J connectivity index is 2.03. The van der Waals surface area contributed by atoms with E-state index in [2.05, 4.69) is 29.2 Å². The lowest BCUT2D eigenvalue weighted by molar-refractivity contribution is 0.734. The SMILES string of the molecule is CC(N)Cc1ccc(Sc2ccccc2)nc1. The number of pyridine rings is 1. The van der Waals surface area contributed by atoms with E-state index in [1.54, 1.807) is 11.8 Å². The van der Waals surface area contributed by atoms with E-state index in [0.29, 0.717) is 0 Å². The van der Waals surface area contributed by atoms with E-state index < -0.39 is 0 Å². The minimum Gasteiger partial charge on any atom is -0.328 e. The van der Waals surface area contributed by atoms with Gasteiger partial charge in [0.1, 0.15) is 5.03 Å². The van der Waals surface area contributed by atoms with Crippen LogP contribution in [0.1, 0.15) is 12.5 Å². The molecule has 0 aliphatic heterocycles. The first kappa shape index (κ1) is 12.1. The van der Waals surface area contributed by atoms with Crippen LogP contribution < -0.4 is 5.73 Å². The highest BCUT2D eigenvalue weighted by Gasteiger charge is 2.01. The van der Waals surface area contributed by atoms with Gasteiger partial charge in [-0.2, -0.15) is 0 Å². The number of nitrogens with zero attached hydrogens (tertiary/aromatic N) is 1. The molecule has 2 rings (SSSR count). The van der Waals surface area contributed by atoms with E-state index in [4.69, 9.17) is 5.73 Å². The molecule has 2 nitrogen and oxygen atoms in total. The zero-order valence-electron chi connectivity index (χ0n) is 9.84. The zero-order valence-corrected chi connectivity index (χ0v) is 10.7. The van der Waals surface area contributed by atoms with E-state index in [1.165, 1.54) is 10.5 Å². The second kappa shape index (κ2) is 5.84. The summed E-state index contributed by atoms with van der Waals surface area (Å²) in [5, 5.41) is 1.02. The molecule has 1 atom stereocenters. The van der Waals surface area contributed by atoms with Gasteiger partial charge in [0.25, 0.3) is 0 Å². The maximum Gasteiger partial charge on any atom is 0.101 e. The van der Waals surface area contributed by atoms with Crippen LogP contribution >= 0.6 is 11.8 Å². The minimum atomic E-state index is 0.185. The van der Waals surface area contributed by atoms with Gasteiger partial charge in [-0.05, 0) is 37.1 Å². The number of rotatable bonds is 4. The van der Waals surface area contributed by atoms with Gasteiger partial charge >= 0.3 is 0 Å².